The van der Waals surface area contributed by atoms with Crippen LogP contribution < -0.4 is 48.3 Å². The topological polar surface area (TPSA) is 468 Å². The number of H-pyrrole nitrogens is 1. The molecule has 77 heavy (non-hydrogen) atoms. The van der Waals surface area contributed by atoms with Gasteiger partial charge in [0.25, 0.3) is 0 Å². The van der Waals surface area contributed by atoms with Crippen LogP contribution in [0.1, 0.15) is 57.1 Å². The Labute approximate surface area is 438 Å². The quantitative estimate of drug-likeness (QED) is 0.0309. The molecule has 0 spiro atoms. The Bertz CT molecular complexity index is 2660. The van der Waals surface area contributed by atoms with Gasteiger partial charge in [-0.25, -0.2) is 0 Å². The van der Waals surface area contributed by atoms with E-state index in [0.717, 1.165) is 18.7 Å². The molecule has 1 aliphatic heterocycles. The number of aliphatic hydroxyl groups excluding tert-OH is 2. The number of aromatic hydroxyl groups is 1. The van der Waals surface area contributed by atoms with Gasteiger partial charge >= 0.3 is 17.9 Å². The molecular formula is C48H63N11O18. The van der Waals surface area contributed by atoms with Crippen molar-refractivity contribution >= 4 is 82.0 Å². The third-order valence-corrected chi connectivity index (χ3v) is 12.0. The molecule has 9 amide bonds. The van der Waals surface area contributed by atoms with Crippen LogP contribution in [0.15, 0.2) is 54.7 Å². The van der Waals surface area contributed by atoms with Crippen LogP contribution in [-0.4, -0.2) is 192 Å². The van der Waals surface area contributed by atoms with Crippen molar-refractivity contribution < 1.29 is 88.2 Å². The Balaban J connectivity index is 1.43. The van der Waals surface area contributed by atoms with Crippen molar-refractivity contribution in [2.24, 2.45) is 5.73 Å². The Hall–Kier alpha value is -8.70. The van der Waals surface area contributed by atoms with Gasteiger partial charge in [0.15, 0.2) is 0 Å². The monoisotopic (exact) mass is 1080 g/mol. The Kier molecular flexibility index (Phi) is 22.8. The van der Waals surface area contributed by atoms with Crippen molar-refractivity contribution in [3.05, 3.63) is 65.9 Å². The molecule has 29 nitrogen and oxygen atoms in total. The molecular weight excluding hydrogens is 1020 g/mol. The van der Waals surface area contributed by atoms with Gasteiger partial charge in [-0.1, -0.05) is 30.3 Å². The summed E-state index contributed by atoms with van der Waals surface area (Å²) in [6.45, 7) is -0.214. The lowest BCUT2D eigenvalue weighted by Gasteiger charge is -2.30. The number of hydrogen-bond donors (Lipinski definition) is 16. The first-order valence-corrected chi connectivity index (χ1v) is 24.1. The first kappa shape index (κ1) is 60.9. The minimum Gasteiger partial charge on any atom is -0.508 e. The van der Waals surface area contributed by atoms with Gasteiger partial charge in [-0.3, -0.25) is 57.5 Å². The third kappa shape index (κ3) is 18.6. The second-order valence-corrected chi connectivity index (χ2v) is 18.0. The number of aromatic amines is 1. The van der Waals surface area contributed by atoms with E-state index in [0.29, 0.717) is 22.0 Å². The molecule has 3 aromatic rings. The number of carbonyl (C=O) groups excluding carboxylic acids is 9. The maximum Gasteiger partial charge on any atom is 0.322 e. The fourth-order valence-electron chi connectivity index (χ4n) is 8.13. The number of aliphatic hydroxyl groups is 2. The number of aromatic nitrogens is 1. The first-order valence-electron chi connectivity index (χ1n) is 24.1. The predicted molar refractivity (Wildman–Crippen MR) is 265 cm³/mol. The fraction of sp³-hybridized carbons (Fsp3) is 0.458. The van der Waals surface area contributed by atoms with Gasteiger partial charge < -0.3 is 88.8 Å². The largest absolute Gasteiger partial charge is 0.508 e. The molecule has 0 bridgehead atoms. The summed E-state index contributed by atoms with van der Waals surface area (Å²) in [5.74, 6) is -13.8. The lowest BCUT2D eigenvalue weighted by molar-refractivity contribution is -0.146. The van der Waals surface area contributed by atoms with Gasteiger partial charge in [-0.2, -0.15) is 0 Å². The van der Waals surface area contributed by atoms with Crippen molar-refractivity contribution in [1.29, 1.82) is 0 Å². The smallest absolute Gasteiger partial charge is 0.322 e. The molecule has 29 heteroatoms. The standard InChI is InChI=1S/C48H63N11O18/c1-23(60)40(46(75)51-21-36(64)57-41(24(2)61)47(76)55-32(42(71)52-22-39(69)70)17-26-20-50-29-7-4-3-6-28(26)29)58-43(72)30(13-14-37(65)66)54-45(74)34-8-5-15-59(34)48(77)33(18-38(67)68)56-44(73)31(53-35(63)19-49)16-25-9-11-27(62)12-10-25/h3-4,6-7,9-12,20,23-24,30-34,40-41,50,60-62H,5,8,13-19,21-22,49H2,1-2H3,(H,51,75)(H,52,71)(H,53,63)(H,54,74)(H,55,76)(H,56,73)(H,57,64)(H,58,72)(H,65,66)(H,67,68)(H,69,70)/t23-,24-,30+,31+,32+,33+,34+,40+,41+/m1/s1. The van der Waals surface area contributed by atoms with E-state index in [1.807, 2.05) is 0 Å². The Morgan fingerprint density at radius 3 is 1.88 bits per heavy atom. The highest BCUT2D eigenvalue weighted by Gasteiger charge is 2.41. The second-order valence-electron chi connectivity index (χ2n) is 18.0. The summed E-state index contributed by atoms with van der Waals surface area (Å²) < 4.78 is 0. The zero-order valence-corrected chi connectivity index (χ0v) is 41.8. The Morgan fingerprint density at radius 1 is 0.649 bits per heavy atom. The van der Waals surface area contributed by atoms with Gasteiger partial charge in [-0.15, -0.1) is 0 Å². The van der Waals surface area contributed by atoms with Crippen molar-refractivity contribution in [2.75, 3.05) is 26.2 Å². The third-order valence-electron chi connectivity index (χ3n) is 12.0. The van der Waals surface area contributed by atoms with Crippen LogP contribution in [0, 0.1) is 0 Å². The van der Waals surface area contributed by atoms with Crippen LogP contribution in [0.3, 0.4) is 0 Å². The van der Waals surface area contributed by atoms with Crippen LogP contribution in [0.4, 0.5) is 0 Å². The van der Waals surface area contributed by atoms with Crippen molar-refractivity contribution in [3.63, 3.8) is 0 Å². The highest BCUT2D eigenvalue weighted by Crippen LogP contribution is 2.22. The van der Waals surface area contributed by atoms with E-state index >= 15 is 0 Å². The van der Waals surface area contributed by atoms with Crippen molar-refractivity contribution in [3.8, 4) is 5.75 Å². The number of phenols is 1. The molecule has 2 aromatic carbocycles. The summed E-state index contributed by atoms with van der Waals surface area (Å²) in [5, 5.41) is 78.0. The van der Waals surface area contributed by atoms with E-state index < -0.39 is 164 Å². The van der Waals surface area contributed by atoms with Crippen LogP contribution in [0.2, 0.25) is 0 Å². The molecule has 9 atom stereocenters. The zero-order chi connectivity index (χ0) is 57.1. The number of rotatable bonds is 29. The van der Waals surface area contributed by atoms with Gasteiger partial charge in [0.1, 0.15) is 54.6 Å². The molecule has 2 heterocycles. The number of carbonyl (C=O) groups is 12. The molecule has 0 aliphatic carbocycles. The molecule has 1 fully saturated rings. The first-order chi connectivity index (χ1) is 36.4. The number of benzene rings is 2. The van der Waals surface area contributed by atoms with Gasteiger partial charge in [0.05, 0.1) is 31.7 Å². The maximum absolute atomic E-state index is 14.0. The molecule has 1 aromatic heterocycles. The molecule has 1 aliphatic rings. The average Bonchev–Trinajstić information content (AvgIpc) is 4.04. The molecule has 0 saturated carbocycles. The van der Waals surface area contributed by atoms with Gasteiger partial charge in [0.2, 0.25) is 53.2 Å². The summed E-state index contributed by atoms with van der Waals surface area (Å²) in [7, 11) is 0. The number of amides is 9. The number of carboxylic acid groups (broad SMARTS) is 3. The molecule has 418 valence electrons. The number of carboxylic acids is 3. The average molecular weight is 1080 g/mol. The predicted octanol–water partition coefficient (Wildman–Crippen LogP) is -5.06. The molecule has 4 rings (SSSR count). The normalized spacial score (nSPS) is 16.1. The zero-order valence-electron chi connectivity index (χ0n) is 41.8. The van der Waals surface area contributed by atoms with Crippen molar-refractivity contribution in [1.82, 2.24) is 52.4 Å². The number of aliphatic carboxylic acids is 3. The number of fused-ring (bicyclic) bond motifs is 1. The molecule has 1 saturated heterocycles. The van der Waals surface area contributed by atoms with E-state index in [1.165, 1.54) is 24.3 Å². The highest BCUT2D eigenvalue weighted by molar-refractivity contribution is 5.99. The molecule has 17 N–H and O–H groups in total. The number of nitrogens with one attached hydrogen (secondary N) is 9. The second kappa shape index (κ2) is 28.8. The number of nitrogens with two attached hydrogens (primary N) is 1. The summed E-state index contributed by atoms with van der Waals surface area (Å²) in [6.07, 6.45) is -4.31. The van der Waals surface area contributed by atoms with Crippen LogP contribution in [-0.2, 0) is 70.4 Å². The summed E-state index contributed by atoms with van der Waals surface area (Å²) >= 11 is 0. The van der Waals surface area contributed by atoms with Gasteiger partial charge in [0, 0.05) is 42.9 Å². The Morgan fingerprint density at radius 2 is 1.26 bits per heavy atom. The number of hydrogen-bond acceptors (Lipinski definition) is 16. The maximum atomic E-state index is 14.0. The van der Waals surface area contributed by atoms with Crippen LogP contribution in [0.25, 0.3) is 10.9 Å². The number of nitrogens with zero attached hydrogens (tertiary/aromatic N) is 1. The molecule has 0 unspecified atom stereocenters. The van der Waals surface area contributed by atoms with E-state index in [1.54, 1.807) is 30.5 Å². The van der Waals surface area contributed by atoms with Crippen LogP contribution >= 0.6 is 0 Å². The molecule has 0 radical (unpaired) electrons. The van der Waals surface area contributed by atoms with Crippen molar-refractivity contribution in [2.45, 2.75) is 113 Å². The number of para-hydroxylation sites is 1. The van der Waals surface area contributed by atoms with Crippen LogP contribution in [0.5, 0.6) is 5.75 Å². The van der Waals surface area contributed by atoms with E-state index in [2.05, 4.69) is 47.5 Å². The van der Waals surface area contributed by atoms with E-state index in [-0.39, 0.29) is 38.0 Å². The minimum atomic E-state index is -1.89. The van der Waals surface area contributed by atoms with Gasteiger partial charge in [-0.05, 0) is 62.4 Å². The fourth-order valence-corrected chi connectivity index (χ4v) is 8.13. The van der Waals surface area contributed by atoms with E-state index in [9.17, 15) is 83.1 Å². The SMILES string of the molecule is C[C@@H](O)[C@H](NC(=O)CNC(=O)[C@@H](NC(=O)[C@H](CCC(=O)O)NC(=O)[C@@H]1CCCN1C(=O)[C@H](CC(=O)O)NC(=O)[C@H](Cc1ccc(O)cc1)NC(=O)CN)[C@@H](C)O)C(=O)N[C@@H](Cc1c[nH]c2ccccc12)C(=O)NCC(=O)O. The number of likely N-dealkylation sites (tertiary alicyclic amines) is 1. The lowest BCUT2D eigenvalue weighted by atomic mass is 10.0. The minimum absolute atomic E-state index is 0.0549. The number of phenolic OH excluding ortho intramolecular Hbond substituents is 1. The summed E-state index contributed by atoms with van der Waals surface area (Å²) in [4.78, 5) is 159. The summed E-state index contributed by atoms with van der Waals surface area (Å²) in [6, 6.07) is 1.10. The lowest BCUT2D eigenvalue weighted by Crippen LogP contribution is -2.61. The van der Waals surface area contributed by atoms with E-state index in [4.69, 9.17) is 10.8 Å². The summed E-state index contributed by atoms with van der Waals surface area (Å²) in [5.41, 5.74) is 7.13. The highest BCUT2D eigenvalue weighted by atomic mass is 16.4.